The van der Waals surface area contributed by atoms with Crippen LogP contribution < -0.4 is 20.6 Å². The van der Waals surface area contributed by atoms with Crippen molar-refractivity contribution in [1.82, 2.24) is 5.43 Å². The minimum absolute atomic E-state index is 0.399. The first-order chi connectivity index (χ1) is 13.6. The zero-order valence-corrected chi connectivity index (χ0v) is 16.9. The highest BCUT2D eigenvalue weighted by Gasteiger charge is 2.13. The lowest BCUT2D eigenvalue weighted by atomic mass is 10.1. The highest BCUT2D eigenvalue weighted by atomic mass is 79.9. The number of nitrogens with one attached hydrogen (secondary N) is 1. The van der Waals surface area contributed by atoms with Gasteiger partial charge in [-0.3, -0.25) is 0 Å². The van der Waals surface area contributed by atoms with E-state index in [9.17, 15) is 4.79 Å². The molecule has 0 saturated heterocycles. The van der Waals surface area contributed by atoms with Crippen molar-refractivity contribution in [3.63, 3.8) is 0 Å². The van der Waals surface area contributed by atoms with Crippen molar-refractivity contribution in [3.05, 3.63) is 70.2 Å². The summed E-state index contributed by atoms with van der Waals surface area (Å²) in [6.45, 7) is 2.78. The summed E-state index contributed by atoms with van der Waals surface area (Å²) >= 11 is 3.53. The van der Waals surface area contributed by atoms with E-state index in [2.05, 4.69) is 44.7 Å². The molecule has 6 nitrogen and oxygen atoms in total. The lowest BCUT2D eigenvalue weighted by Crippen LogP contribution is -2.24. The van der Waals surface area contributed by atoms with Gasteiger partial charge >= 0.3 is 6.03 Å². The molecule has 7 heteroatoms. The molecule has 0 aliphatic carbocycles. The van der Waals surface area contributed by atoms with Crippen molar-refractivity contribution >= 4 is 38.9 Å². The second kappa shape index (κ2) is 9.23. The summed E-state index contributed by atoms with van der Waals surface area (Å²) in [5.74, 6) is 1.19. The van der Waals surface area contributed by atoms with E-state index in [1.807, 2.05) is 37.3 Å². The molecule has 28 heavy (non-hydrogen) atoms. The SMILES string of the molecule is CCOc1cc(C=NNC(N)=O)cc(Br)c1OCc1cccc2ccccc12. The molecule has 0 atom stereocenters. The van der Waals surface area contributed by atoms with Crippen molar-refractivity contribution in [2.45, 2.75) is 13.5 Å². The molecule has 0 fully saturated rings. The standard InChI is InChI=1S/C21H20BrN3O3/c1-2-27-19-11-14(12-24-25-21(23)26)10-18(22)20(19)28-13-16-8-5-7-15-6-3-4-9-17(15)16/h3-12H,2,13H2,1H3,(H3,23,25,26). The van der Waals surface area contributed by atoms with Crippen LogP contribution in [0, 0.1) is 0 Å². The number of hydrogen-bond acceptors (Lipinski definition) is 4. The molecule has 0 spiro atoms. The highest BCUT2D eigenvalue weighted by molar-refractivity contribution is 9.10. The number of carbonyl (C=O) groups excluding carboxylic acids is 1. The molecular weight excluding hydrogens is 422 g/mol. The number of halogens is 1. The topological polar surface area (TPSA) is 85.9 Å². The number of hydrogen-bond donors (Lipinski definition) is 2. The number of nitrogens with two attached hydrogens (primary N) is 1. The van der Waals surface area contributed by atoms with Crippen LogP contribution in [-0.4, -0.2) is 18.9 Å². The Labute approximate surface area is 171 Å². The number of nitrogens with zero attached hydrogens (tertiary/aromatic N) is 1. The van der Waals surface area contributed by atoms with Crippen LogP contribution >= 0.6 is 15.9 Å². The van der Waals surface area contributed by atoms with Gasteiger partial charge in [-0.05, 0) is 56.9 Å². The minimum Gasteiger partial charge on any atom is -0.490 e. The zero-order valence-electron chi connectivity index (χ0n) is 15.3. The van der Waals surface area contributed by atoms with Gasteiger partial charge in [0.25, 0.3) is 0 Å². The summed E-state index contributed by atoms with van der Waals surface area (Å²) in [4.78, 5) is 10.7. The van der Waals surface area contributed by atoms with Gasteiger partial charge in [0, 0.05) is 0 Å². The molecule has 3 aromatic rings. The fourth-order valence-electron chi connectivity index (χ4n) is 2.80. The van der Waals surface area contributed by atoms with Crippen molar-refractivity contribution < 1.29 is 14.3 Å². The van der Waals surface area contributed by atoms with Crippen LogP contribution in [0.5, 0.6) is 11.5 Å². The van der Waals surface area contributed by atoms with E-state index in [-0.39, 0.29) is 0 Å². The monoisotopic (exact) mass is 441 g/mol. The Morgan fingerprint density at radius 1 is 1.18 bits per heavy atom. The summed E-state index contributed by atoms with van der Waals surface area (Å²) < 4.78 is 12.6. The van der Waals surface area contributed by atoms with E-state index in [4.69, 9.17) is 15.2 Å². The summed E-state index contributed by atoms with van der Waals surface area (Å²) in [6.07, 6.45) is 1.48. The Morgan fingerprint density at radius 3 is 2.75 bits per heavy atom. The number of fused-ring (bicyclic) bond motifs is 1. The number of ether oxygens (including phenoxy) is 2. The van der Waals surface area contributed by atoms with Gasteiger partial charge in [-0.15, -0.1) is 0 Å². The molecule has 3 rings (SSSR count). The number of carbonyl (C=O) groups is 1. The molecule has 144 valence electrons. The van der Waals surface area contributed by atoms with Crippen LogP contribution in [0.3, 0.4) is 0 Å². The van der Waals surface area contributed by atoms with E-state index < -0.39 is 6.03 Å². The van der Waals surface area contributed by atoms with Gasteiger partial charge in [-0.1, -0.05) is 42.5 Å². The third kappa shape index (κ3) is 4.80. The van der Waals surface area contributed by atoms with Crippen molar-refractivity contribution in [2.24, 2.45) is 10.8 Å². The number of hydrazone groups is 1. The van der Waals surface area contributed by atoms with Gasteiger partial charge in [-0.2, -0.15) is 5.10 Å². The van der Waals surface area contributed by atoms with Gasteiger partial charge in [0.2, 0.25) is 0 Å². The molecule has 3 N–H and O–H groups in total. The van der Waals surface area contributed by atoms with E-state index in [1.54, 1.807) is 6.07 Å². The smallest absolute Gasteiger partial charge is 0.332 e. The molecule has 0 aromatic heterocycles. The molecule has 0 aliphatic heterocycles. The maximum Gasteiger partial charge on any atom is 0.332 e. The van der Waals surface area contributed by atoms with Crippen LogP contribution in [0.1, 0.15) is 18.1 Å². The number of primary amides is 1. The molecule has 2 amide bonds. The molecule has 0 heterocycles. The van der Waals surface area contributed by atoms with Crippen LogP contribution in [0.2, 0.25) is 0 Å². The van der Waals surface area contributed by atoms with Crippen molar-refractivity contribution in [2.75, 3.05) is 6.61 Å². The molecule has 3 aromatic carbocycles. The van der Waals surface area contributed by atoms with E-state index in [0.717, 1.165) is 21.0 Å². The highest BCUT2D eigenvalue weighted by Crippen LogP contribution is 2.37. The van der Waals surface area contributed by atoms with E-state index in [1.165, 1.54) is 11.6 Å². The zero-order chi connectivity index (χ0) is 19.9. The van der Waals surface area contributed by atoms with Crippen LogP contribution in [0.25, 0.3) is 10.8 Å². The van der Waals surface area contributed by atoms with Crippen molar-refractivity contribution in [3.8, 4) is 11.5 Å². The summed E-state index contributed by atoms with van der Waals surface area (Å²) in [5.41, 5.74) is 8.98. The maximum atomic E-state index is 10.7. The lowest BCUT2D eigenvalue weighted by Gasteiger charge is -2.15. The normalized spacial score (nSPS) is 10.9. The van der Waals surface area contributed by atoms with Crippen LogP contribution in [0.15, 0.2) is 64.2 Å². The molecule has 0 unspecified atom stereocenters. The molecule has 0 aliphatic rings. The number of rotatable bonds is 7. The molecule has 0 radical (unpaired) electrons. The van der Waals surface area contributed by atoms with Gasteiger partial charge in [0.05, 0.1) is 17.3 Å². The average molecular weight is 442 g/mol. The largest absolute Gasteiger partial charge is 0.490 e. The predicted octanol–water partition coefficient (Wildman–Crippen LogP) is 4.58. The minimum atomic E-state index is -0.726. The first-order valence-corrected chi connectivity index (χ1v) is 9.52. The Bertz CT molecular complexity index is 1020. The summed E-state index contributed by atoms with van der Waals surface area (Å²) in [5, 5.41) is 6.10. The fourth-order valence-corrected chi connectivity index (χ4v) is 3.38. The van der Waals surface area contributed by atoms with Crippen LogP contribution in [0.4, 0.5) is 4.79 Å². The first-order valence-electron chi connectivity index (χ1n) is 8.72. The Hall–Kier alpha value is -3.06. The fraction of sp³-hybridized carbons (Fsp3) is 0.143. The molecule has 0 bridgehead atoms. The lowest BCUT2D eigenvalue weighted by molar-refractivity contribution is 0.249. The Kier molecular flexibility index (Phi) is 6.49. The van der Waals surface area contributed by atoms with Crippen LogP contribution in [-0.2, 0) is 6.61 Å². The predicted molar refractivity (Wildman–Crippen MR) is 114 cm³/mol. The Balaban J connectivity index is 1.86. The second-order valence-electron chi connectivity index (χ2n) is 5.92. The maximum absolute atomic E-state index is 10.7. The number of urea groups is 1. The summed E-state index contributed by atoms with van der Waals surface area (Å²) in [7, 11) is 0. The van der Waals surface area contributed by atoms with Crippen molar-refractivity contribution in [1.29, 1.82) is 0 Å². The van der Waals surface area contributed by atoms with Gasteiger partial charge in [-0.25, -0.2) is 10.2 Å². The van der Waals surface area contributed by atoms with Gasteiger partial charge < -0.3 is 15.2 Å². The molecule has 0 saturated carbocycles. The number of amides is 2. The Morgan fingerprint density at radius 2 is 1.96 bits per heavy atom. The van der Waals surface area contributed by atoms with E-state index in [0.29, 0.717) is 24.7 Å². The van der Waals surface area contributed by atoms with E-state index >= 15 is 0 Å². The quantitative estimate of drug-likeness (QED) is 0.415. The average Bonchev–Trinajstić information content (AvgIpc) is 2.67. The molecular formula is C21H20BrN3O3. The van der Waals surface area contributed by atoms with Gasteiger partial charge in [0.15, 0.2) is 11.5 Å². The summed E-state index contributed by atoms with van der Waals surface area (Å²) in [6, 6.07) is 17.2. The number of benzene rings is 3. The third-order valence-electron chi connectivity index (χ3n) is 3.97. The second-order valence-corrected chi connectivity index (χ2v) is 6.78. The van der Waals surface area contributed by atoms with Gasteiger partial charge in [0.1, 0.15) is 6.61 Å². The first kappa shape index (κ1) is 19.7. The third-order valence-corrected chi connectivity index (χ3v) is 4.56.